The lowest BCUT2D eigenvalue weighted by Gasteiger charge is -2.16. The number of nitrogens with zero attached hydrogens (tertiary/aromatic N) is 1. The Morgan fingerprint density at radius 3 is 2.50 bits per heavy atom. The monoisotopic (exact) mass is 253 g/mol. The van der Waals surface area contributed by atoms with Crippen LogP contribution in [0.3, 0.4) is 0 Å². The van der Waals surface area contributed by atoms with Gasteiger partial charge in [-0.1, -0.05) is 30.3 Å². The molecular weight excluding hydrogens is 238 g/mol. The van der Waals surface area contributed by atoms with E-state index in [2.05, 4.69) is 4.84 Å². The smallest absolute Gasteiger partial charge is 0.345 e. The zero-order chi connectivity index (χ0) is 13.5. The third-order valence-electron chi connectivity index (χ3n) is 2.27. The largest absolute Gasteiger partial charge is 0.459 e. The lowest BCUT2D eigenvalue weighted by atomic mass is 10.2. The van der Waals surface area contributed by atoms with Gasteiger partial charge in [0, 0.05) is 7.05 Å². The summed E-state index contributed by atoms with van der Waals surface area (Å²) in [5.41, 5.74) is 0.769. The van der Waals surface area contributed by atoms with Crippen LogP contribution in [0.4, 0.5) is 0 Å². The van der Waals surface area contributed by atoms with Crippen LogP contribution in [0.1, 0.15) is 5.56 Å². The second-order valence-electron chi connectivity index (χ2n) is 3.51. The molecule has 1 rings (SSSR count). The topological polar surface area (TPSA) is 76.1 Å². The minimum atomic E-state index is -1.88. The van der Waals surface area contributed by atoms with E-state index in [-0.39, 0.29) is 6.61 Å². The molecule has 1 atom stereocenters. The number of benzene rings is 1. The summed E-state index contributed by atoms with van der Waals surface area (Å²) in [6.07, 6.45) is -1.88. The molecule has 1 aromatic rings. The summed E-state index contributed by atoms with van der Waals surface area (Å²) in [6, 6.07) is 8.95. The van der Waals surface area contributed by atoms with Crippen molar-refractivity contribution < 1.29 is 24.3 Å². The predicted molar refractivity (Wildman–Crippen MR) is 62.0 cm³/mol. The van der Waals surface area contributed by atoms with Gasteiger partial charge < -0.3 is 9.84 Å². The van der Waals surface area contributed by atoms with Crippen molar-refractivity contribution >= 4 is 11.9 Å². The summed E-state index contributed by atoms with van der Waals surface area (Å²) in [6.45, 7) is 0.000704. The Morgan fingerprint density at radius 1 is 1.33 bits per heavy atom. The molecule has 18 heavy (non-hydrogen) atoms. The maximum absolute atomic E-state index is 11.4. The van der Waals surface area contributed by atoms with Gasteiger partial charge in [0.05, 0.1) is 7.11 Å². The molecule has 0 aliphatic rings. The number of aliphatic hydroxyl groups is 1. The SMILES string of the molecule is CON(C)C(=O)C(O)C(=O)OCc1ccccc1. The molecule has 6 heteroatoms. The molecule has 1 N–H and O–H groups in total. The molecule has 0 fully saturated rings. The van der Waals surface area contributed by atoms with Crippen molar-refractivity contribution in [2.45, 2.75) is 12.7 Å². The lowest BCUT2D eigenvalue weighted by molar-refractivity contribution is -0.185. The molecule has 0 aliphatic carbocycles. The van der Waals surface area contributed by atoms with E-state index in [1.165, 1.54) is 14.2 Å². The van der Waals surface area contributed by atoms with Crippen LogP contribution >= 0.6 is 0 Å². The molecule has 1 unspecified atom stereocenters. The van der Waals surface area contributed by atoms with Gasteiger partial charge in [-0.15, -0.1) is 0 Å². The van der Waals surface area contributed by atoms with Gasteiger partial charge >= 0.3 is 5.97 Å². The molecule has 0 saturated heterocycles. The average Bonchev–Trinajstić information content (AvgIpc) is 2.43. The van der Waals surface area contributed by atoms with Gasteiger partial charge in [-0.2, -0.15) is 0 Å². The van der Waals surface area contributed by atoms with E-state index in [4.69, 9.17) is 4.74 Å². The third kappa shape index (κ3) is 3.83. The van der Waals surface area contributed by atoms with Crippen LogP contribution in [-0.2, 0) is 25.8 Å². The highest BCUT2D eigenvalue weighted by atomic mass is 16.7. The van der Waals surface area contributed by atoms with E-state index < -0.39 is 18.0 Å². The first kappa shape index (κ1) is 14.1. The van der Waals surface area contributed by atoms with E-state index in [0.717, 1.165) is 10.6 Å². The maximum atomic E-state index is 11.4. The van der Waals surface area contributed by atoms with Gasteiger partial charge in [-0.05, 0) is 5.56 Å². The highest BCUT2D eigenvalue weighted by molar-refractivity contribution is 5.99. The minimum Gasteiger partial charge on any atom is -0.459 e. The van der Waals surface area contributed by atoms with E-state index in [1.807, 2.05) is 6.07 Å². The molecule has 1 amide bonds. The van der Waals surface area contributed by atoms with Crippen LogP contribution in [0.5, 0.6) is 0 Å². The van der Waals surface area contributed by atoms with Crippen LogP contribution in [0.25, 0.3) is 0 Å². The van der Waals surface area contributed by atoms with Crippen LogP contribution < -0.4 is 0 Å². The normalized spacial score (nSPS) is 11.7. The quantitative estimate of drug-likeness (QED) is 0.458. The van der Waals surface area contributed by atoms with Crippen molar-refractivity contribution in [3.63, 3.8) is 0 Å². The highest BCUT2D eigenvalue weighted by Gasteiger charge is 2.28. The molecule has 98 valence electrons. The molecule has 0 spiro atoms. The van der Waals surface area contributed by atoms with Crippen LogP contribution in [-0.4, -0.2) is 42.3 Å². The third-order valence-corrected chi connectivity index (χ3v) is 2.27. The van der Waals surface area contributed by atoms with Gasteiger partial charge in [0.15, 0.2) is 0 Å². The average molecular weight is 253 g/mol. The number of aliphatic hydroxyl groups excluding tert-OH is 1. The molecule has 0 heterocycles. The predicted octanol–water partition coefficient (Wildman–Crippen LogP) is 0.110. The van der Waals surface area contributed by atoms with E-state index >= 15 is 0 Å². The number of hydroxylamine groups is 2. The summed E-state index contributed by atoms with van der Waals surface area (Å²) < 4.78 is 4.81. The van der Waals surface area contributed by atoms with Crippen LogP contribution in [0.15, 0.2) is 30.3 Å². The fourth-order valence-corrected chi connectivity index (χ4v) is 1.17. The number of ether oxygens (including phenoxy) is 1. The minimum absolute atomic E-state index is 0.000704. The summed E-state index contributed by atoms with van der Waals surface area (Å²) in [4.78, 5) is 27.3. The van der Waals surface area contributed by atoms with Crippen LogP contribution in [0, 0.1) is 0 Å². The number of carbonyl (C=O) groups excluding carboxylic acids is 2. The molecule has 0 aromatic heterocycles. The Bertz CT molecular complexity index is 406. The van der Waals surface area contributed by atoms with Gasteiger partial charge in [0.2, 0.25) is 6.10 Å². The van der Waals surface area contributed by atoms with Gasteiger partial charge in [0.25, 0.3) is 5.91 Å². The molecule has 0 radical (unpaired) electrons. The Hall–Kier alpha value is -1.92. The standard InChI is InChI=1S/C12H15NO5/c1-13(17-2)11(15)10(14)12(16)18-8-9-6-4-3-5-7-9/h3-7,10,14H,8H2,1-2H3. The summed E-state index contributed by atoms with van der Waals surface area (Å²) in [5.74, 6) is -1.89. The zero-order valence-corrected chi connectivity index (χ0v) is 10.2. The molecule has 0 aliphatic heterocycles. The lowest BCUT2D eigenvalue weighted by Crippen LogP contribution is -2.41. The van der Waals surface area contributed by atoms with Gasteiger partial charge in [-0.3, -0.25) is 9.63 Å². The fourth-order valence-electron chi connectivity index (χ4n) is 1.17. The van der Waals surface area contributed by atoms with Crippen molar-refractivity contribution in [3.05, 3.63) is 35.9 Å². The van der Waals surface area contributed by atoms with E-state index in [0.29, 0.717) is 0 Å². The van der Waals surface area contributed by atoms with Crippen molar-refractivity contribution in [1.29, 1.82) is 0 Å². The number of likely N-dealkylation sites (N-methyl/N-ethyl adjacent to an activating group) is 1. The fraction of sp³-hybridized carbons (Fsp3) is 0.333. The molecular formula is C12H15NO5. The zero-order valence-electron chi connectivity index (χ0n) is 10.2. The van der Waals surface area contributed by atoms with Crippen molar-refractivity contribution in [2.24, 2.45) is 0 Å². The number of hydrogen-bond acceptors (Lipinski definition) is 5. The number of rotatable bonds is 5. The Morgan fingerprint density at radius 2 is 1.94 bits per heavy atom. The number of esters is 1. The van der Waals surface area contributed by atoms with E-state index in [9.17, 15) is 14.7 Å². The summed E-state index contributed by atoms with van der Waals surface area (Å²) >= 11 is 0. The number of hydrogen-bond donors (Lipinski definition) is 1. The first-order valence-corrected chi connectivity index (χ1v) is 5.26. The van der Waals surface area contributed by atoms with Crippen LogP contribution in [0.2, 0.25) is 0 Å². The van der Waals surface area contributed by atoms with Gasteiger partial charge in [0.1, 0.15) is 6.61 Å². The second-order valence-corrected chi connectivity index (χ2v) is 3.51. The van der Waals surface area contributed by atoms with Crippen molar-refractivity contribution in [2.75, 3.05) is 14.2 Å². The maximum Gasteiger partial charge on any atom is 0.345 e. The van der Waals surface area contributed by atoms with Gasteiger partial charge in [-0.25, -0.2) is 9.86 Å². The first-order chi connectivity index (χ1) is 8.56. The molecule has 0 bridgehead atoms. The van der Waals surface area contributed by atoms with Crippen molar-refractivity contribution in [1.82, 2.24) is 5.06 Å². The van der Waals surface area contributed by atoms with Crippen molar-refractivity contribution in [3.8, 4) is 0 Å². The Kier molecular flexibility index (Phi) is 5.29. The second kappa shape index (κ2) is 6.73. The van der Waals surface area contributed by atoms with E-state index in [1.54, 1.807) is 24.3 Å². The summed E-state index contributed by atoms with van der Waals surface area (Å²) in [5, 5.41) is 10.2. The highest BCUT2D eigenvalue weighted by Crippen LogP contribution is 2.03. The Balaban J connectivity index is 2.48. The number of amides is 1. The Labute approximate surface area is 105 Å². The molecule has 0 saturated carbocycles. The number of carbonyl (C=O) groups is 2. The molecule has 6 nitrogen and oxygen atoms in total. The molecule has 1 aromatic carbocycles. The first-order valence-electron chi connectivity index (χ1n) is 5.26. The summed E-state index contributed by atoms with van der Waals surface area (Å²) in [7, 11) is 2.54.